The third-order valence-corrected chi connectivity index (χ3v) is 8.75. The molecule has 4 aromatic rings. The number of benzene rings is 4. The number of hydrogen-bond donors (Lipinski definition) is 1. The summed E-state index contributed by atoms with van der Waals surface area (Å²) in [6.45, 7) is 0. The van der Waals surface area contributed by atoms with Crippen molar-refractivity contribution in [3.8, 4) is 0 Å². The molecule has 154 valence electrons. The Morgan fingerprint density at radius 2 is 1.17 bits per heavy atom. The monoisotopic (exact) mass is 665 g/mol. The molecule has 0 aromatic heterocycles. The van der Waals surface area contributed by atoms with Crippen LogP contribution >= 0.6 is 45.2 Å². The van der Waals surface area contributed by atoms with E-state index in [1.54, 1.807) is 17.0 Å². The summed E-state index contributed by atoms with van der Waals surface area (Å²) in [7, 11) is -8.57. The molecule has 1 N–H and O–H groups in total. The Kier molecular flexibility index (Phi) is 6.07. The van der Waals surface area contributed by atoms with E-state index in [1.807, 2.05) is 36.4 Å². The van der Waals surface area contributed by atoms with E-state index in [2.05, 4.69) is 45.2 Å². The van der Waals surface area contributed by atoms with E-state index in [0.29, 0.717) is 0 Å². The molecule has 0 saturated heterocycles. The van der Waals surface area contributed by atoms with Crippen LogP contribution in [0.15, 0.2) is 82.6 Å². The molecule has 0 radical (unpaired) electrons. The molecule has 0 fully saturated rings. The molecular formula is C20H13I2NO5S2. The second-order valence-corrected chi connectivity index (χ2v) is 11.9. The van der Waals surface area contributed by atoms with Crippen LogP contribution in [0, 0.1) is 7.14 Å². The highest BCUT2D eigenvalue weighted by molar-refractivity contribution is 14.1. The van der Waals surface area contributed by atoms with E-state index in [0.717, 1.165) is 28.7 Å². The maximum absolute atomic E-state index is 12.6. The number of fused-ring (bicyclic) bond motifs is 2. The lowest BCUT2D eigenvalue weighted by Crippen LogP contribution is -2.27. The van der Waals surface area contributed by atoms with Gasteiger partial charge in [0.05, 0.1) is 9.79 Å². The number of halogens is 2. The summed E-state index contributed by atoms with van der Waals surface area (Å²) < 4.78 is 56.9. The Morgan fingerprint density at radius 3 is 1.73 bits per heavy atom. The Labute approximate surface area is 201 Å². The fraction of sp³-hybridized carbons (Fsp3) is 0. The quantitative estimate of drug-likeness (QED) is 0.245. The Balaban J connectivity index is 1.63. The van der Waals surface area contributed by atoms with Gasteiger partial charge in [0.1, 0.15) is 0 Å². The van der Waals surface area contributed by atoms with Crippen LogP contribution in [0.3, 0.4) is 0 Å². The van der Waals surface area contributed by atoms with Gasteiger partial charge in [0.2, 0.25) is 0 Å². The molecule has 0 atom stereocenters. The lowest BCUT2D eigenvalue weighted by molar-refractivity contribution is 0.273. The molecule has 0 saturated carbocycles. The third kappa shape index (κ3) is 4.34. The fourth-order valence-corrected chi connectivity index (χ4v) is 6.21. The molecule has 6 nitrogen and oxygen atoms in total. The summed E-state index contributed by atoms with van der Waals surface area (Å²) in [5.74, 6) is 0. The van der Waals surface area contributed by atoms with Gasteiger partial charge in [0, 0.05) is 7.14 Å². The van der Waals surface area contributed by atoms with E-state index >= 15 is 0 Å². The van der Waals surface area contributed by atoms with E-state index in [1.165, 1.54) is 24.3 Å². The first-order valence-electron chi connectivity index (χ1n) is 8.49. The summed E-state index contributed by atoms with van der Waals surface area (Å²) in [6, 6.07) is 20.2. The number of rotatable bonds is 5. The molecule has 10 heteroatoms. The second-order valence-electron chi connectivity index (χ2n) is 6.37. The van der Waals surface area contributed by atoms with E-state index in [-0.39, 0.29) is 9.79 Å². The summed E-state index contributed by atoms with van der Waals surface area (Å²) in [4.78, 5) is 1.50. The van der Waals surface area contributed by atoms with Gasteiger partial charge in [-0.1, -0.05) is 41.3 Å². The van der Waals surface area contributed by atoms with Gasteiger partial charge in [-0.15, -0.1) is 0 Å². The van der Waals surface area contributed by atoms with Crippen molar-refractivity contribution in [3.05, 3.63) is 79.9 Å². The molecule has 4 rings (SSSR count). The molecular weight excluding hydrogens is 652 g/mol. The second kappa shape index (κ2) is 8.31. The van der Waals surface area contributed by atoms with E-state index < -0.39 is 20.1 Å². The first kappa shape index (κ1) is 21.9. The van der Waals surface area contributed by atoms with Crippen molar-refractivity contribution in [2.45, 2.75) is 9.79 Å². The lowest BCUT2D eigenvalue weighted by atomic mass is 10.1. The number of sulfonamides is 1. The zero-order valence-corrected chi connectivity index (χ0v) is 21.0. The van der Waals surface area contributed by atoms with Crippen LogP contribution in [0.4, 0.5) is 0 Å². The predicted molar refractivity (Wildman–Crippen MR) is 132 cm³/mol. The molecule has 0 spiro atoms. The zero-order chi connectivity index (χ0) is 21.5. The topological polar surface area (TPSA) is 89.5 Å². The largest absolute Gasteiger partial charge is 0.313 e. The van der Waals surface area contributed by atoms with Crippen LogP contribution in [0.1, 0.15) is 0 Å². The average Bonchev–Trinajstić information content (AvgIpc) is 2.73. The molecule has 0 unspecified atom stereocenters. The predicted octanol–water partition coefficient (Wildman–Crippen LogP) is 4.80. The first-order valence-corrected chi connectivity index (χ1v) is 13.5. The fourth-order valence-electron chi connectivity index (χ4n) is 2.94. The van der Waals surface area contributed by atoms with Crippen molar-refractivity contribution >= 4 is 86.9 Å². The summed E-state index contributed by atoms with van der Waals surface area (Å²) in [6.07, 6.45) is 0. The van der Waals surface area contributed by atoms with Gasteiger partial charge in [-0.2, -0.15) is 12.7 Å². The molecule has 0 amide bonds. The molecule has 30 heavy (non-hydrogen) atoms. The van der Waals surface area contributed by atoms with Crippen LogP contribution in [0.25, 0.3) is 21.5 Å². The standard InChI is InChI=1S/C20H13I2NO5S2/c21-19-5-1-3-13-7-9-15(11-17(13)19)29(24,25)23-28-30(26,27)16-10-8-14-4-2-6-20(22)18(14)12-16/h1-12,23H. The maximum Gasteiger partial charge on any atom is 0.313 e. The highest BCUT2D eigenvalue weighted by atomic mass is 127. The summed E-state index contributed by atoms with van der Waals surface area (Å²) in [5.41, 5.74) is 0. The van der Waals surface area contributed by atoms with Gasteiger partial charge in [-0.3, -0.25) is 0 Å². The summed E-state index contributed by atoms with van der Waals surface area (Å²) >= 11 is 4.22. The molecule has 0 heterocycles. The Bertz CT molecular complexity index is 1390. The normalized spacial score (nSPS) is 12.5. The molecule has 0 bridgehead atoms. The van der Waals surface area contributed by atoms with E-state index in [4.69, 9.17) is 4.28 Å². The van der Waals surface area contributed by atoms with Crippen molar-refractivity contribution in [1.82, 2.24) is 4.89 Å². The molecule has 4 aromatic carbocycles. The zero-order valence-electron chi connectivity index (χ0n) is 15.0. The minimum absolute atomic E-state index is 0.0950. The van der Waals surface area contributed by atoms with E-state index in [9.17, 15) is 16.8 Å². The SMILES string of the molecule is O=S(=O)(NOS(=O)(=O)c1ccc2cccc(I)c2c1)c1ccc2cccc(I)c2c1. The van der Waals surface area contributed by atoms with Crippen LogP contribution in [-0.2, 0) is 24.4 Å². The number of nitrogens with one attached hydrogen (secondary N) is 1. The Hall–Kier alpha value is -1.32. The van der Waals surface area contributed by atoms with Gasteiger partial charge < -0.3 is 0 Å². The van der Waals surface area contributed by atoms with Crippen LogP contribution in [0.5, 0.6) is 0 Å². The first-order chi connectivity index (χ1) is 14.2. The number of hydrogen-bond acceptors (Lipinski definition) is 5. The molecule has 0 aliphatic rings. The van der Waals surface area contributed by atoms with Crippen molar-refractivity contribution in [1.29, 1.82) is 0 Å². The van der Waals surface area contributed by atoms with Crippen molar-refractivity contribution in [2.75, 3.05) is 0 Å². The van der Waals surface area contributed by atoms with Crippen LogP contribution in [0.2, 0.25) is 0 Å². The van der Waals surface area contributed by atoms with Gasteiger partial charge in [0.15, 0.2) is 0 Å². The van der Waals surface area contributed by atoms with Gasteiger partial charge in [-0.05, 0) is 103 Å². The minimum Gasteiger partial charge on any atom is -0.205 e. The van der Waals surface area contributed by atoms with Gasteiger partial charge in [0.25, 0.3) is 10.0 Å². The smallest absolute Gasteiger partial charge is 0.205 e. The van der Waals surface area contributed by atoms with Crippen molar-refractivity contribution in [2.24, 2.45) is 0 Å². The highest BCUT2D eigenvalue weighted by Gasteiger charge is 2.22. The lowest BCUT2D eigenvalue weighted by Gasteiger charge is -2.10. The third-order valence-electron chi connectivity index (χ3n) is 4.45. The average molecular weight is 665 g/mol. The van der Waals surface area contributed by atoms with Crippen LogP contribution < -0.4 is 4.89 Å². The Morgan fingerprint density at radius 1 is 0.667 bits per heavy atom. The highest BCUT2D eigenvalue weighted by Crippen LogP contribution is 2.26. The van der Waals surface area contributed by atoms with Crippen molar-refractivity contribution < 1.29 is 21.1 Å². The molecule has 0 aliphatic heterocycles. The molecule has 0 aliphatic carbocycles. The van der Waals surface area contributed by atoms with Gasteiger partial charge >= 0.3 is 10.1 Å². The van der Waals surface area contributed by atoms with Crippen molar-refractivity contribution in [3.63, 3.8) is 0 Å². The van der Waals surface area contributed by atoms with Crippen LogP contribution in [-0.4, -0.2) is 16.8 Å². The summed E-state index contributed by atoms with van der Waals surface area (Å²) in [5, 5.41) is 3.22. The minimum atomic E-state index is -4.36. The maximum atomic E-state index is 12.6. The van der Waals surface area contributed by atoms with Gasteiger partial charge in [-0.25, -0.2) is 8.42 Å².